The van der Waals surface area contributed by atoms with Crippen molar-refractivity contribution in [2.24, 2.45) is 5.92 Å². The van der Waals surface area contributed by atoms with Crippen LogP contribution in [0.25, 0.3) is 0 Å². The largest absolute Gasteiger partial charge is 0.352 e. The van der Waals surface area contributed by atoms with Gasteiger partial charge >= 0.3 is 0 Å². The average molecular weight is 260 g/mol. The van der Waals surface area contributed by atoms with Gasteiger partial charge in [-0.1, -0.05) is 26.0 Å². The van der Waals surface area contributed by atoms with Crippen LogP contribution in [0.3, 0.4) is 0 Å². The zero-order valence-corrected chi connectivity index (χ0v) is 11.9. The fraction of sp³-hybridized carbons (Fsp3) is 0.562. The normalized spacial score (nSPS) is 18.8. The van der Waals surface area contributed by atoms with Crippen LogP contribution in [0.4, 0.5) is 0 Å². The number of rotatable bonds is 5. The highest BCUT2D eigenvalue weighted by atomic mass is 16.1. The van der Waals surface area contributed by atoms with Gasteiger partial charge < -0.3 is 10.6 Å². The Morgan fingerprint density at radius 3 is 2.68 bits per heavy atom. The predicted octanol–water partition coefficient (Wildman–Crippen LogP) is 2.54. The van der Waals surface area contributed by atoms with E-state index in [2.05, 4.69) is 24.5 Å². The Morgan fingerprint density at radius 2 is 2.11 bits per heavy atom. The molecule has 0 aliphatic carbocycles. The zero-order chi connectivity index (χ0) is 13.7. The molecule has 2 N–H and O–H groups in total. The molecule has 1 unspecified atom stereocenters. The predicted molar refractivity (Wildman–Crippen MR) is 78.5 cm³/mol. The van der Waals surface area contributed by atoms with Gasteiger partial charge in [-0.05, 0) is 55.5 Å². The average Bonchev–Trinajstić information content (AvgIpc) is 2.92. The van der Waals surface area contributed by atoms with Crippen LogP contribution >= 0.6 is 0 Å². The molecule has 2 rings (SSSR count). The lowest BCUT2D eigenvalue weighted by Crippen LogP contribution is -2.26. The molecule has 3 nitrogen and oxygen atoms in total. The second-order valence-corrected chi connectivity index (χ2v) is 5.68. The van der Waals surface area contributed by atoms with Crippen LogP contribution in [0.1, 0.15) is 48.5 Å². The van der Waals surface area contributed by atoms with Gasteiger partial charge in [0, 0.05) is 12.1 Å². The van der Waals surface area contributed by atoms with Gasteiger partial charge in [-0.25, -0.2) is 0 Å². The van der Waals surface area contributed by atoms with Crippen molar-refractivity contribution in [3.05, 3.63) is 35.4 Å². The molecule has 1 aliphatic heterocycles. The summed E-state index contributed by atoms with van der Waals surface area (Å²) >= 11 is 0. The number of benzene rings is 1. The van der Waals surface area contributed by atoms with Gasteiger partial charge in [0.25, 0.3) is 5.91 Å². The topological polar surface area (TPSA) is 41.1 Å². The highest BCUT2D eigenvalue weighted by Crippen LogP contribution is 2.15. The number of hydrogen-bond donors (Lipinski definition) is 2. The van der Waals surface area contributed by atoms with Gasteiger partial charge in [-0.15, -0.1) is 0 Å². The summed E-state index contributed by atoms with van der Waals surface area (Å²) in [4.78, 5) is 12.0. The second-order valence-electron chi connectivity index (χ2n) is 5.68. The minimum Gasteiger partial charge on any atom is -0.352 e. The van der Waals surface area contributed by atoms with Crippen LogP contribution in [0.2, 0.25) is 0 Å². The van der Waals surface area contributed by atoms with Crippen molar-refractivity contribution in [1.82, 2.24) is 10.6 Å². The maximum absolute atomic E-state index is 12.0. The first-order valence-corrected chi connectivity index (χ1v) is 7.25. The van der Waals surface area contributed by atoms with E-state index in [9.17, 15) is 4.79 Å². The molecule has 1 aromatic rings. The molecular weight excluding hydrogens is 236 g/mol. The fourth-order valence-corrected chi connectivity index (χ4v) is 2.47. The van der Waals surface area contributed by atoms with E-state index in [4.69, 9.17) is 0 Å². The molecule has 0 radical (unpaired) electrons. The molecule has 1 saturated heterocycles. The molecular formula is C16H24N2O. The first-order valence-electron chi connectivity index (χ1n) is 7.25. The molecule has 1 amide bonds. The monoisotopic (exact) mass is 260 g/mol. The molecule has 1 aliphatic rings. The summed E-state index contributed by atoms with van der Waals surface area (Å²) in [5.41, 5.74) is 2.03. The summed E-state index contributed by atoms with van der Waals surface area (Å²) in [5.74, 6) is 1.27. The van der Waals surface area contributed by atoms with E-state index in [1.165, 1.54) is 12.0 Å². The molecule has 104 valence electrons. The van der Waals surface area contributed by atoms with E-state index in [0.29, 0.717) is 5.92 Å². The Kier molecular flexibility index (Phi) is 4.97. The Hall–Kier alpha value is -1.35. The molecule has 1 heterocycles. The summed E-state index contributed by atoms with van der Waals surface area (Å²) in [6.07, 6.45) is 2.31. The molecule has 0 bridgehead atoms. The third-order valence-electron chi connectivity index (χ3n) is 3.84. The molecule has 1 atom stereocenters. The van der Waals surface area contributed by atoms with Crippen molar-refractivity contribution in [3.63, 3.8) is 0 Å². The number of carbonyl (C=O) groups is 1. The van der Waals surface area contributed by atoms with E-state index in [1.807, 2.05) is 24.3 Å². The smallest absolute Gasteiger partial charge is 0.251 e. The van der Waals surface area contributed by atoms with Crippen LogP contribution in [0, 0.1) is 5.92 Å². The van der Waals surface area contributed by atoms with E-state index >= 15 is 0 Å². The summed E-state index contributed by atoms with van der Waals surface area (Å²) in [6, 6.07) is 7.92. The lowest BCUT2D eigenvalue weighted by molar-refractivity contribution is 0.0951. The molecule has 1 fully saturated rings. The minimum atomic E-state index is 0.0428. The van der Waals surface area contributed by atoms with E-state index in [1.54, 1.807) is 0 Å². The Bertz CT molecular complexity index is 405. The Labute approximate surface area is 115 Å². The Morgan fingerprint density at radius 1 is 1.37 bits per heavy atom. The summed E-state index contributed by atoms with van der Waals surface area (Å²) in [6.45, 7) is 7.31. The van der Waals surface area contributed by atoms with Gasteiger partial charge in [0.15, 0.2) is 0 Å². The van der Waals surface area contributed by atoms with Crippen LogP contribution in [-0.4, -0.2) is 25.5 Å². The highest BCUT2D eigenvalue weighted by molar-refractivity contribution is 5.94. The lowest BCUT2D eigenvalue weighted by Gasteiger charge is -2.10. The van der Waals surface area contributed by atoms with Gasteiger partial charge in [0.2, 0.25) is 0 Å². The molecule has 0 saturated carbocycles. The van der Waals surface area contributed by atoms with Crippen LogP contribution in [0.15, 0.2) is 24.3 Å². The fourth-order valence-electron chi connectivity index (χ4n) is 2.47. The number of nitrogens with one attached hydrogen (secondary N) is 2. The van der Waals surface area contributed by atoms with E-state index in [0.717, 1.165) is 37.5 Å². The maximum Gasteiger partial charge on any atom is 0.251 e. The van der Waals surface area contributed by atoms with Gasteiger partial charge in [0.05, 0.1) is 0 Å². The number of carbonyl (C=O) groups excluding carboxylic acids is 1. The summed E-state index contributed by atoms with van der Waals surface area (Å²) in [7, 11) is 0. The highest BCUT2D eigenvalue weighted by Gasteiger charge is 2.14. The van der Waals surface area contributed by atoms with E-state index < -0.39 is 0 Å². The van der Waals surface area contributed by atoms with Crippen molar-refractivity contribution in [3.8, 4) is 0 Å². The molecule has 3 heteroatoms. The van der Waals surface area contributed by atoms with Crippen LogP contribution < -0.4 is 10.6 Å². The van der Waals surface area contributed by atoms with Crippen molar-refractivity contribution in [1.29, 1.82) is 0 Å². The molecule has 1 aromatic carbocycles. The SMILES string of the molecule is CC(C)c1ccc(C(=O)NCCC2CCNC2)cc1. The quantitative estimate of drug-likeness (QED) is 0.854. The van der Waals surface area contributed by atoms with Crippen molar-refractivity contribution >= 4 is 5.91 Å². The third-order valence-corrected chi connectivity index (χ3v) is 3.84. The third kappa shape index (κ3) is 4.06. The number of amides is 1. The Balaban J connectivity index is 1.78. The number of hydrogen-bond acceptors (Lipinski definition) is 2. The maximum atomic E-state index is 12.0. The summed E-state index contributed by atoms with van der Waals surface area (Å²) < 4.78 is 0. The first-order chi connectivity index (χ1) is 9.16. The van der Waals surface area contributed by atoms with Crippen LogP contribution in [0.5, 0.6) is 0 Å². The van der Waals surface area contributed by atoms with Gasteiger partial charge in [0.1, 0.15) is 0 Å². The van der Waals surface area contributed by atoms with Crippen molar-refractivity contribution < 1.29 is 4.79 Å². The van der Waals surface area contributed by atoms with Crippen LogP contribution in [-0.2, 0) is 0 Å². The molecule has 19 heavy (non-hydrogen) atoms. The minimum absolute atomic E-state index is 0.0428. The standard InChI is InChI=1S/C16H24N2O/c1-12(2)14-3-5-15(6-4-14)16(19)18-10-8-13-7-9-17-11-13/h3-6,12-13,17H,7-11H2,1-2H3,(H,18,19). The summed E-state index contributed by atoms with van der Waals surface area (Å²) in [5, 5.41) is 6.35. The lowest BCUT2D eigenvalue weighted by atomic mass is 10.0. The zero-order valence-electron chi connectivity index (χ0n) is 11.9. The molecule has 0 aromatic heterocycles. The second kappa shape index (κ2) is 6.71. The van der Waals surface area contributed by atoms with Gasteiger partial charge in [-0.3, -0.25) is 4.79 Å². The van der Waals surface area contributed by atoms with E-state index in [-0.39, 0.29) is 5.91 Å². The van der Waals surface area contributed by atoms with Crippen molar-refractivity contribution in [2.45, 2.75) is 32.6 Å². The molecule has 0 spiro atoms. The first kappa shape index (κ1) is 14.1. The van der Waals surface area contributed by atoms with Gasteiger partial charge in [-0.2, -0.15) is 0 Å². The van der Waals surface area contributed by atoms with Crippen molar-refractivity contribution in [2.75, 3.05) is 19.6 Å².